The minimum absolute atomic E-state index is 0.0672. The van der Waals surface area contributed by atoms with Crippen molar-refractivity contribution in [3.63, 3.8) is 0 Å². The van der Waals surface area contributed by atoms with Gasteiger partial charge in [0.05, 0.1) is 12.6 Å². The van der Waals surface area contributed by atoms with Crippen molar-refractivity contribution in [2.24, 2.45) is 0 Å². The van der Waals surface area contributed by atoms with E-state index in [9.17, 15) is 4.79 Å². The number of halogens is 1. The standard InChI is InChI=1S/C13H18ClNO3/c1-3-11(7-16)15-13(17)8-18-12-5-4-10(14)6-9(12)2/h4-6,11,16H,3,7-8H2,1-2H3,(H,15,17). The molecule has 0 bridgehead atoms. The highest BCUT2D eigenvalue weighted by molar-refractivity contribution is 6.30. The lowest BCUT2D eigenvalue weighted by molar-refractivity contribution is -0.124. The van der Waals surface area contributed by atoms with E-state index in [0.29, 0.717) is 17.2 Å². The molecule has 0 heterocycles. The molecule has 18 heavy (non-hydrogen) atoms. The summed E-state index contributed by atoms with van der Waals surface area (Å²) in [7, 11) is 0. The van der Waals surface area contributed by atoms with E-state index in [1.807, 2.05) is 13.8 Å². The van der Waals surface area contributed by atoms with Crippen molar-refractivity contribution in [3.05, 3.63) is 28.8 Å². The number of benzene rings is 1. The van der Waals surface area contributed by atoms with Crippen LogP contribution in [0.1, 0.15) is 18.9 Å². The largest absolute Gasteiger partial charge is 0.484 e. The number of hydrogen-bond acceptors (Lipinski definition) is 3. The predicted octanol–water partition coefficient (Wildman–Crippen LogP) is 1.91. The van der Waals surface area contributed by atoms with E-state index in [1.54, 1.807) is 18.2 Å². The van der Waals surface area contributed by atoms with Crippen LogP contribution in [0, 0.1) is 6.92 Å². The molecule has 1 amide bonds. The first-order valence-corrected chi connectivity index (χ1v) is 6.23. The Kier molecular flexibility index (Phi) is 5.95. The van der Waals surface area contributed by atoms with Crippen LogP contribution in [0.2, 0.25) is 5.02 Å². The highest BCUT2D eigenvalue weighted by Crippen LogP contribution is 2.21. The first-order chi connectivity index (χ1) is 8.56. The third kappa shape index (κ3) is 4.55. The van der Waals surface area contributed by atoms with Crippen LogP contribution in [-0.4, -0.2) is 30.3 Å². The Labute approximate surface area is 112 Å². The molecule has 0 saturated heterocycles. The first-order valence-electron chi connectivity index (χ1n) is 5.86. The van der Waals surface area contributed by atoms with Gasteiger partial charge in [0.25, 0.3) is 5.91 Å². The summed E-state index contributed by atoms with van der Waals surface area (Å²) in [5.74, 6) is 0.386. The van der Waals surface area contributed by atoms with Crippen LogP contribution in [0.25, 0.3) is 0 Å². The van der Waals surface area contributed by atoms with Crippen molar-refractivity contribution in [1.29, 1.82) is 0 Å². The third-order valence-electron chi connectivity index (χ3n) is 2.57. The molecular weight excluding hydrogens is 254 g/mol. The van der Waals surface area contributed by atoms with Gasteiger partial charge in [-0.15, -0.1) is 0 Å². The molecule has 2 N–H and O–H groups in total. The number of rotatable bonds is 6. The molecule has 0 radical (unpaired) electrons. The summed E-state index contributed by atoms with van der Waals surface area (Å²) in [5, 5.41) is 12.3. The summed E-state index contributed by atoms with van der Waals surface area (Å²) >= 11 is 5.82. The number of aryl methyl sites for hydroxylation is 1. The fourth-order valence-electron chi connectivity index (χ4n) is 1.46. The average molecular weight is 272 g/mol. The molecule has 0 aliphatic heterocycles. The van der Waals surface area contributed by atoms with E-state index in [-0.39, 0.29) is 25.2 Å². The highest BCUT2D eigenvalue weighted by Gasteiger charge is 2.10. The van der Waals surface area contributed by atoms with Gasteiger partial charge in [0, 0.05) is 5.02 Å². The molecule has 0 aromatic heterocycles. The Morgan fingerprint density at radius 2 is 2.28 bits per heavy atom. The van der Waals surface area contributed by atoms with Crippen molar-refractivity contribution in [2.45, 2.75) is 26.3 Å². The summed E-state index contributed by atoms with van der Waals surface area (Å²) in [6, 6.07) is 5.00. The van der Waals surface area contributed by atoms with E-state index >= 15 is 0 Å². The van der Waals surface area contributed by atoms with E-state index in [4.69, 9.17) is 21.4 Å². The predicted molar refractivity (Wildman–Crippen MR) is 71.0 cm³/mol. The van der Waals surface area contributed by atoms with Crippen LogP contribution in [0.3, 0.4) is 0 Å². The Morgan fingerprint density at radius 1 is 1.56 bits per heavy atom. The molecule has 1 unspecified atom stereocenters. The number of hydrogen-bond donors (Lipinski definition) is 2. The van der Waals surface area contributed by atoms with Crippen LogP contribution in [-0.2, 0) is 4.79 Å². The second-order valence-electron chi connectivity index (χ2n) is 4.05. The van der Waals surface area contributed by atoms with Gasteiger partial charge in [-0.05, 0) is 37.1 Å². The van der Waals surface area contributed by atoms with Gasteiger partial charge in [0.1, 0.15) is 5.75 Å². The molecule has 1 aromatic carbocycles. The van der Waals surface area contributed by atoms with Crippen molar-refractivity contribution in [1.82, 2.24) is 5.32 Å². The first kappa shape index (κ1) is 14.8. The second-order valence-corrected chi connectivity index (χ2v) is 4.49. The lowest BCUT2D eigenvalue weighted by Crippen LogP contribution is -2.39. The molecule has 1 aromatic rings. The summed E-state index contributed by atoms with van der Waals surface area (Å²) in [6.45, 7) is 3.62. The summed E-state index contributed by atoms with van der Waals surface area (Å²) < 4.78 is 5.39. The zero-order chi connectivity index (χ0) is 13.5. The molecule has 4 nitrogen and oxygen atoms in total. The maximum absolute atomic E-state index is 11.5. The zero-order valence-electron chi connectivity index (χ0n) is 10.6. The molecule has 1 rings (SSSR count). The molecule has 100 valence electrons. The van der Waals surface area contributed by atoms with E-state index in [0.717, 1.165) is 5.56 Å². The maximum Gasteiger partial charge on any atom is 0.258 e. The summed E-state index contributed by atoms with van der Waals surface area (Å²) in [5.41, 5.74) is 0.879. The number of amides is 1. The van der Waals surface area contributed by atoms with Crippen LogP contribution in [0.15, 0.2) is 18.2 Å². The van der Waals surface area contributed by atoms with Gasteiger partial charge in [-0.2, -0.15) is 0 Å². The Balaban J connectivity index is 2.47. The van der Waals surface area contributed by atoms with Gasteiger partial charge >= 0.3 is 0 Å². The van der Waals surface area contributed by atoms with Crippen LogP contribution < -0.4 is 10.1 Å². The molecule has 0 aliphatic carbocycles. The van der Waals surface area contributed by atoms with Crippen molar-refractivity contribution in [2.75, 3.05) is 13.2 Å². The van der Waals surface area contributed by atoms with Gasteiger partial charge in [-0.1, -0.05) is 18.5 Å². The average Bonchev–Trinajstić information content (AvgIpc) is 2.35. The normalized spacial score (nSPS) is 12.0. The monoisotopic (exact) mass is 271 g/mol. The fraction of sp³-hybridized carbons (Fsp3) is 0.462. The highest BCUT2D eigenvalue weighted by atomic mass is 35.5. The van der Waals surface area contributed by atoms with Gasteiger partial charge in [-0.3, -0.25) is 4.79 Å². The van der Waals surface area contributed by atoms with Crippen molar-refractivity contribution >= 4 is 17.5 Å². The number of aliphatic hydroxyl groups excluding tert-OH is 1. The molecule has 0 spiro atoms. The molecule has 0 saturated carbocycles. The minimum atomic E-state index is -0.245. The van der Waals surface area contributed by atoms with Gasteiger partial charge in [0.15, 0.2) is 6.61 Å². The van der Waals surface area contributed by atoms with Crippen LogP contribution in [0.5, 0.6) is 5.75 Å². The minimum Gasteiger partial charge on any atom is -0.484 e. The number of ether oxygens (including phenoxy) is 1. The van der Waals surface area contributed by atoms with Gasteiger partial charge < -0.3 is 15.2 Å². The van der Waals surface area contributed by atoms with Crippen LogP contribution >= 0.6 is 11.6 Å². The van der Waals surface area contributed by atoms with Gasteiger partial charge in [0.2, 0.25) is 0 Å². The molecule has 0 fully saturated rings. The number of aliphatic hydroxyl groups is 1. The maximum atomic E-state index is 11.5. The molecular formula is C13H18ClNO3. The molecule has 0 aliphatic rings. The summed E-state index contributed by atoms with van der Waals surface area (Å²) in [6.07, 6.45) is 0.683. The number of carbonyl (C=O) groups is 1. The van der Waals surface area contributed by atoms with Crippen molar-refractivity contribution in [3.8, 4) is 5.75 Å². The number of nitrogens with one attached hydrogen (secondary N) is 1. The smallest absolute Gasteiger partial charge is 0.258 e. The molecule has 1 atom stereocenters. The Hall–Kier alpha value is -1.26. The topological polar surface area (TPSA) is 58.6 Å². The molecule has 5 heteroatoms. The van der Waals surface area contributed by atoms with Crippen LogP contribution in [0.4, 0.5) is 0 Å². The Bertz CT molecular complexity index is 405. The zero-order valence-corrected chi connectivity index (χ0v) is 11.3. The van der Waals surface area contributed by atoms with E-state index < -0.39 is 0 Å². The lowest BCUT2D eigenvalue weighted by atomic mass is 10.2. The van der Waals surface area contributed by atoms with E-state index in [2.05, 4.69) is 5.32 Å². The summed E-state index contributed by atoms with van der Waals surface area (Å²) in [4.78, 5) is 11.5. The Morgan fingerprint density at radius 3 is 2.83 bits per heavy atom. The SMILES string of the molecule is CCC(CO)NC(=O)COc1ccc(Cl)cc1C. The number of carbonyl (C=O) groups excluding carboxylic acids is 1. The quantitative estimate of drug-likeness (QED) is 0.831. The van der Waals surface area contributed by atoms with Crippen molar-refractivity contribution < 1.29 is 14.6 Å². The fourth-order valence-corrected chi connectivity index (χ4v) is 1.69. The van der Waals surface area contributed by atoms with E-state index in [1.165, 1.54) is 0 Å². The second kappa shape index (κ2) is 7.24. The third-order valence-corrected chi connectivity index (χ3v) is 2.81. The lowest BCUT2D eigenvalue weighted by Gasteiger charge is -2.15. The van der Waals surface area contributed by atoms with Gasteiger partial charge in [-0.25, -0.2) is 0 Å².